The van der Waals surface area contributed by atoms with Crippen molar-refractivity contribution in [2.45, 2.75) is 38.3 Å². The number of likely N-dealkylation sites (tertiary alicyclic amines) is 1. The van der Waals surface area contributed by atoms with E-state index in [1.807, 2.05) is 18.2 Å². The van der Waals surface area contributed by atoms with Gasteiger partial charge in [-0.05, 0) is 31.0 Å². The van der Waals surface area contributed by atoms with Gasteiger partial charge in [-0.3, -0.25) is 9.69 Å². The Morgan fingerprint density at radius 2 is 2.17 bits per heavy atom. The van der Waals surface area contributed by atoms with E-state index in [0.29, 0.717) is 0 Å². The first-order valence-electron chi connectivity index (χ1n) is 6.36. The molecule has 1 aromatic carbocycles. The Bertz CT molecular complexity index is 422. The first kappa shape index (κ1) is 13.6. The molecule has 0 aliphatic carbocycles. The van der Waals surface area contributed by atoms with Crippen molar-refractivity contribution in [3.8, 4) is 0 Å². The molecule has 0 aromatic heterocycles. The van der Waals surface area contributed by atoms with Crippen LogP contribution in [0.25, 0.3) is 0 Å². The number of piperidine rings is 1. The van der Waals surface area contributed by atoms with Gasteiger partial charge in [-0.25, -0.2) is 0 Å². The summed E-state index contributed by atoms with van der Waals surface area (Å²) in [5, 5.41) is 8.97. The minimum Gasteiger partial charge on any atom is -0.481 e. The fourth-order valence-corrected chi connectivity index (χ4v) is 2.96. The summed E-state index contributed by atoms with van der Waals surface area (Å²) >= 11 is 3.55. The number of carbonyl (C=O) groups is 1. The van der Waals surface area contributed by atoms with Crippen LogP contribution in [0, 0.1) is 0 Å². The molecule has 98 valence electrons. The molecule has 2 rings (SSSR count). The zero-order valence-corrected chi connectivity index (χ0v) is 11.9. The highest BCUT2D eigenvalue weighted by atomic mass is 79.9. The highest BCUT2D eigenvalue weighted by molar-refractivity contribution is 9.10. The van der Waals surface area contributed by atoms with Crippen LogP contribution in [-0.2, 0) is 11.3 Å². The maximum Gasteiger partial charge on any atom is 0.304 e. The van der Waals surface area contributed by atoms with Gasteiger partial charge < -0.3 is 5.11 Å². The Hall–Kier alpha value is -0.870. The van der Waals surface area contributed by atoms with Crippen molar-refractivity contribution in [1.82, 2.24) is 4.90 Å². The van der Waals surface area contributed by atoms with Crippen molar-refractivity contribution >= 4 is 21.9 Å². The monoisotopic (exact) mass is 311 g/mol. The summed E-state index contributed by atoms with van der Waals surface area (Å²) in [7, 11) is 0. The second-order valence-corrected chi connectivity index (χ2v) is 5.66. The van der Waals surface area contributed by atoms with Gasteiger partial charge in [0.1, 0.15) is 0 Å². The summed E-state index contributed by atoms with van der Waals surface area (Å²) in [4.78, 5) is 13.2. The van der Waals surface area contributed by atoms with Gasteiger partial charge in [0.2, 0.25) is 0 Å². The van der Waals surface area contributed by atoms with Crippen LogP contribution in [0.5, 0.6) is 0 Å². The minimum atomic E-state index is -0.695. The number of nitrogens with zero attached hydrogens (tertiary/aromatic N) is 1. The number of benzene rings is 1. The average Bonchev–Trinajstić information content (AvgIpc) is 2.34. The zero-order valence-electron chi connectivity index (χ0n) is 10.3. The number of hydrogen-bond donors (Lipinski definition) is 1. The fourth-order valence-electron chi connectivity index (χ4n) is 2.55. The summed E-state index contributed by atoms with van der Waals surface area (Å²) in [6.07, 6.45) is 3.56. The van der Waals surface area contributed by atoms with E-state index in [1.165, 1.54) is 12.0 Å². The molecule has 1 fully saturated rings. The lowest BCUT2D eigenvalue weighted by Gasteiger charge is -2.35. The molecule has 1 saturated heterocycles. The van der Waals surface area contributed by atoms with Crippen LogP contribution in [0.2, 0.25) is 0 Å². The molecule has 1 aliphatic heterocycles. The number of carboxylic acid groups (broad SMARTS) is 1. The normalized spacial score (nSPS) is 20.8. The third-order valence-corrected chi connectivity index (χ3v) is 4.26. The first-order valence-corrected chi connectivity index (χ1v) is 7.15. The van der Waals surface area contributed by atoms with Crippen molar-refractivity contribution < 1.29 is 9.90 Å². The number of rotatable bonds is 4. The van der Waals surface area contributed by atoms with E-state index >= 15 is 0 Å². The van der Waals surface area contributed by atoms with E-state index in [1.54, 1.807) is 0 Å². The molecule has 0 spiro atoms. The van der Waals surface area contributed by atoms with Gasteiger partial charge >= 0.3 is 5.97 Å². The Labute approximate surface area is 116 Å². The number of hydrogen-bond acceptors (Lipinski definition) is 2. The van der Waals surface area contributed by atoms with Gasteiger partial charge in [0.25, 0.3) is 0 Å². The maximum absolute atomic E-state index is 10.9. The first-order chi connectivity index (χ1) is 8.66. The minimum absolute atomic E-state index is 0.184. The van der Waals surface area contributed by atoms with Crippen LogP contribution in [0.15, 0.2) is 28.7 Å². The molecule has 4 heteroatoms. The predicted octanol–water partition coefficient (Wildman–Crippen LogP) is 3.28. The summed E-state index contributed by atoms with van der Waals surface area (Å²) < 4.78 is 1.10. The largest absolute Gasteiger partial charge is 0.481 e. The van der Waals surface area contributed by atoms with Gasteiger partial charge in [0, 0.05) is 17.1 Å². The Morgan fingerprint density at radius 1 is 1.39 bits per heavy atom. The topological polar surface area (TPSA) is 40.5 Å². The van der Waals surface area contributed by atoms with Crippen LogP contribution in [0.4, 0.5) is 0 Å². The van der Waals surface area contributed by atoms with E-state index in [4.69, 9.17) is 5.11 Å². The molecule has 0 saturated carbocycles. The second kappa shape index (κ2) is 6.34. The Morgan fingerprint density at radius 3 is 2.89 bits per heavy atom. The average molecular weight is 312 g/mol. The van der Waals surface area contributed by atoms with E-state index < -0.39 is 5.97 Å². The molecule has 3 nitrogen and oxygen atoms in total. The van der Waals surface area contributed by atoms with Gasteiger partial charge in [0.15, 0.2) is 0 Å². The lowest BCUT2D eigenvalue weighted by atomic mass is 9.98. The third-order valence-electron chi connectivity index (χ3n) is 3.49. The zero-order chi connectivity index (χ0) is 13.0. The van der Waals surface area contributed by atoms with Gasteiger partial charge in [0.05, 0.1) is 6.42 Å². The van der Waals surface area contributed by atoms with Gasteiger partial charge in [-0.1, -0.05) is 40.5 Å². The quantitative estimate of drug-likeness (QED) is 0.927. The number of carboxylic acids is 1. The van der Waals surface area contributed by atoms with Crippen LogP contribution in [0.3, 0.4) is 0 Å². The molecule has 18 heavy (non-hydrogen) atoms. The highest BCUT2D eigenvalue weighted by Crippen LogP contribution is 2.24. The summed E-state index contributed by atoms with van der Waals surface area (Å²) in [5.41, 5.74) is 1.23. The molecule has 1 aliphatic rings. The second-order valence-electron chi connectivity index (χ2n) is 4.81. The number of aliphatic carboxylic acids is 1. The smallest absolute Gasteiger partial charge is 0.304 e. The van der Waals surface area contributed by atoms with Crippen molar-refractivity contribution in [2.75, 3.05) is 6.54 Å². The molecule has 1 aromatic rings. The van der Waals surface area contributed by atoms with E-state index in [-0.39, 0.29) is 12.5 Å². The lowest BCUT2D eigenvalue weighted by Crippen LogP contribution is -2.40. The number of halogens is 1. The van der Waals surface area contributed by atoms with E-state index in [2.05, 4.69) is 26.9 Å². The van der Waals surface area contributed by atoms with Crippen molar-refractivity contribution in [1.29, 1.82) is 0 Å². The van der Waals surface area contributed by atoms with Crippen LogP contribution in [-0.4, -0.2) is 28.6 Å². The molecule has 0 bridgehead atoms. The molecular weight excluding hydrogens is 294 g/mol. The molecule has 1 heterocycles. The third kappa shape index (κ3) is 3.56. The SMILES string of the molecule is O=C(O)CC1CCCCN1Cc1ccccc1Br. The molecule has 1 unspecified atom stereocenters. The molecule has 0 amide bonds. The summed E-state index contributed by atoms with van der Waals surface area (Å²) in [6, 6.07) is 8.33. The highest BCUT2D eigenvalue weighted by Gasteiger charge is 2.24. The Balaban J connectivity index is 2.05. The van der Waals surface area contributed by atoms with E-state index in [0.717, 1.165) is 30.4 Å². The fraction of sp³-hybridized carbons (Fsp3) is 0.500. The van der Waals surface area contributed by atoms with Gasteiger partial charge in [-0.15, -0.1) is 0 Å². The molecule has 1 N–H and O–H groups in total. The van der Waals surface area contributed by atoms with Crippen LogP contribution < -0.4 is 0 Å². The Kier molecular flexibility index (Phi) is 4.78. The summed E-state index contributed by atoms with van der Waals surface area (Å²) in [6.45, 7) is 1.83. The molecule has 0 radical (unpaired) electrons. The lowest BCUT2D eigenvalue weighted by molar-refractivity contribution is -0.138. The molecule has 1 atom stereocenters. The predicted molar refractivity (Wildman–Crippen MR) is 74.4 cm³/mol. The van der Waals surface area contributed by atoms with Crippen LogP contribution >= 0.6 is 15.9 Å². The van der Waals surface area contributed by atoms with E-state index in [9.17, 15) is 4.79 Å². The van der Waals surface area contributed by atoms with Crippen molar-refractivity contribution in [3.63, 3.8) is 0 Å². The van der Waals surface area contributed by atoms with Crippen molar-refractivity contribution in [2.24, 2.45) is 0 Å². The van der Waals surface area contributed by atoms with Crippen molar-refractivity contribution in [3.05, 3.63) is 34.3 Å². The molecular formula is C14H18BrNO2. The summed E-state index contributed by atoms with van der Waals surface area (Å²) in [5.74, 6) is -0.695. The maximum atomic E-state index is 10.9. The van der Waals surface area contributed by atoms with Gasteiger partial charge in [-0.2, -0.15) is 0 Å². The van der Waals surface area contributed by atoms with Crippen LogP contribution in [0.1, 0.15) is 31.2 Å². The standard InChI is InChI=1S/C14H18BrNO2/c15-13-7-2-1-5-11(13)10-16-8-4-3-6-12(16)9-14(17)18/h1-2,5,7,12H,3-4,6,8-10H2,(H,17,18).